The zero-order valence-corrected chi connectivity index (χ0v) is 12.5. The number of nitrogens with zero attached hydrogens (tertiary/aromatic N) is 4. The molecule has 2 heterocycles. The van der Waals surface area contributed by atoms with E-state index in [-0.39, 0.29) is 0 Å². The van der Waals surface area contributed by atoms with Crippen molar-refractivity contribution in [3.63, 3.8) is 0 Å². The average Bonchev–Trinajstić information content (AvgIpc) is 2.84. The van der Waals surface area contributed by atoms with Gasteiger partial charge in [0.05, 0.1) is 0 Å². The Morgan fingerprint density at radius 1 is 1.20 bits per heavy atom. The standard InChI is InChI=1S/C14H22N6/c1-10(2)12-13(15-3)18-9-19-14(12)17-6-5-11-16-7-8-20(11)4/h7-10H,5-6H2,1-4H3,(H2,15,17,18,19). The van der Waals surface area contributed by atoms with Gasteiger partial charge in [-0.3, -0.25) is 0 Å². The SMILES string of the molecule is CNc1ncnc(NCCc2nccn2C)c1C(C)C. The molecule has 6 heteroatoms. The van der Waals surface area contributed by atoms with Gasteiger partial charge < -0.3 is 15.2 Å². The van der Waals surface area contributed by atoms with Gasteiger partial charge in [-0.05, 0) is 5.92 Å². The van der Waals surface area contributed by atoms with Crippen molar-refractivity contribution in [2.24, 2.45) is 7.05 Å². The average molecular weight is 274 g/mol. The summed E-state index contributed by atoms with van der Waals surface area (Å²) in [5.41, 5.74) is 1.12. The maximum absolute atomic E-state index is 4.36. The van der Waals surface area contributed by atoms with E-state index in [0.717, 1.165) is 36.0 Å². The van der Waals surface area contributed by atoms with E-state index in [4.69, 9.17) is 0 Å². The molecule has 108 valence electrons. The first-order valence-electron chi connectivity index (χ1n) is 6.86. The summed E-state index contributed by atoms with van der Waals surface area (Å²) >= 11 is 0. The first kappa shape index (κ1) is 14.3. The van der Waals surface area contributed by atoms with Crippen molar-refractivity contribution in [2.45, 2.75) is 26.2 Å². The third kappa shape index (κ3) is 3.07. The number of hydrogen-bond donors (Lipinski definition) is 2. The van der Waals surface area contributed by atoms with Gasteiger partial charge in [0.2, 0.25) is 0 Å². The van der Waals surface area contributed by atoms with E-state index in [1.807, 2.05) is 31.1 Å². The molecule has 0 spiro atoms. The minimum atomic E-state index is 0.356. The Labute approximate surface area is 119 Å². The molecule has 0 amide bonds. The number of rotatable bonds is 6. The largest absolute Gasteiger partial charge is 0.373 e. The molecule has 0 aliphatic heterocycles. The molecule has 0 saturated carbocycles. The zero-order valence-electron chi connectivity index (χ0n) is 12.5. The number of aromatic nitrogens is 4. The Balaban J connectivity index is 2.07. The molecule has 2 N–H and O–H groups in total. The summed E-state index contributed by atoms with van der Waals surface area (Å²) in [5, 5.41) is 6.51. The van der Waals surface area contributed by atoms with Crippen LogP contribution in [0.1, 0.15) is 31.2 Å². The van der Waals surface area contributed by atoms with Crippen molar-refractivity contribution in [2.75, 3.05) is 24.2 Å². The van der Waals surface area contributed by atoms with Gasteiger partial charge in [0.1, 0.15) is 23.8 Å². The minimum absolute atomic E-state index is 0.356. The number of hydrogen-bond acceptors (Lipinski definition) is 5. The predicted molar refractivity (Wildman–Crippen MR) is 81.1 cm³/mol. The van der Waals surface area contributed by atoms with Crippen LogP contribution in [0.15, 0.2) is 18.7 Å². The first-order valence-corrected chi connectivity index (χ1v) is 6.86. The molecular formula is C14H22N6. The van der Waals surface area contributed by atoms with Gasteiger partial charge in [0.25, 0.3) is 0 Å². The second-order valence-corrected chi connectivity index (χ2v) is 5.02. The van der Waals surface area contributed by atoms with Gasteiger partial charge in [-0.15, -0.1) is 0 Å². The van der Waals surface area contributed by atoms with E-state index in [9.17, 15) is 0 Å². The van der Waals surface area contributed by atoms with Crippen molar-refractivity contribution >= 4 is 11.6 Å². The molecule has 0 aliphatic rings. The lowest BCUT2D eigenvalue weighted by Crippen LogP contribution is -2.13. The summed E-state index contributed by atoms with van der Waals surface area (Å²) in [5.74, 6) is 3.20. The summed E-state index contributed by atoms with van der Waals surface area (Å²) < 4.78 is 2.03. The van der Waals surface area contributed by atoms with Gasteiger partial charge in [-0.25, -0.2) is 15.0 Å². The van der Waals surface area contributed by atoms with Crippen LogP contribution in [-0.2, 0) is 13.5 Å². The summed E-state index contributed by atoms with van der Waals surface area (Å²) in [6.45, 7) is 5.08. The number of nitrogens with one attached hydrogen (secondary N) is 2. The second kappa shape index (κ2) is 6.36. The molecule has 0 saturated heterocycles. The second-order valence-electron chi connectivity index (χ2n) is 5.02. The van der Waals surface area contributed by atoms with E-state index in [1.54, 1.807) is 6.33 Å². The summed E-state index contributed by atoms with van der Waals surface area (Å²) in [6.07, 6.45) is 6.22. The molecule has 2 aromatic rings. The maximum Gasteiger partial charge on any atom is 0.135 e. The monoisotopic (exact) mass is 274 g/mol. The molecule has 0 atom stereocenters. The Kier molecular flexibility index (Phi) is 4.55. The topological polar surface area (TPSA) is 67.7 Å². The lowest BCUT2D eigenvalue weighted by atomic mass is 10.0. The molecule has 2 aromatic heterocycles. The van der Waals surface area contributed by atoms with Crippen LogP contribution in [0.2, 0.25) is 0 Å². The van der Waals surface area contributed by atoms with Crippen LogP contribution >= 0.6 is 0 Å². The zero-order chi connectivity index (χ0) is 14.5. The van der Waals surface area contributed by atoms with E-state index in [1.165, 1.54) is 0 Å². The maximum atomic E-state index is 4.36. The highest BCUT2D eigenvalue weighted by molar-refractivity contribution is 5.58. The third-order valence-electron chi connectivity index (χ3n) is 3.26. The normalized spacial score (nSPS) is 10.8. The lowest BCUT2D eigenvalue weighted by molar-refractivity contribution is 0.784. The fourth-order valence-electron chi connectivity index (χ4n) is 2.21. The molecule has 0 radical (unpaired) electrons. The Hall–Kier alpha value is -2.11. The van der Waals surface area contributed by atoms with Crippen LogP contribution in [-0.4, -0.2) is 33.1 Å². The van der Waals surface area contributed by atoms with Crippen LogP contribution in [0.3, 0.4) is 0 Å². The Bertz CT molecular complexity index is 561. The molecule has 0 aliphatic carbocycles. The van der Waals surface area contributed by atoms with Gasteiger partial charge in [-0.1, -0.05) is 13.8 Å². The molecule has 0 bridgehead atoms. The highest BCUT2D eigenvalue weighted by Crippen LogP contribution is 2.27. The number of anilines is 2. The number of aryl methyl sites for hydroxylation is 1. The van der Waals surface area contributed by atoms with Crippen LogP contribution < -0.4 is 10.6 Å². The lowest BCUT2D eigenvalue weighted by Gasteiger charge is -2.16. The van der Waals surface area contributed by atoms with Gasteiger partial charge >= 0.3 is 0 Å². The molecular weight excluding hydrogens is 252 g/mol. The van der Waals surface area contributed by atoms with Gasteiger partial charge in [0.15, 0.2) is 0 Å². The van der Waals surface area contributed by atoms with Crippen molar-refractivity contribution in [1.82, 2.24) is 19.5 Å². The van der Waals surface area contributed by atoms with Crippen molar-refractivity contribution in [3.05, 3.63) is 30.1 Å². The molecule has 6 nitrogen and oxygen atoms in total. The van der Waals surface area contributed by atoms with E-state index in [2.05, 4.69) is 39.4 Å². The van der Waals surface area contributed by atoms with E-state index in [0.29, 0.717) is 5.92 Å². The third-order valence-corrected chi connectivity index (χ3v) is 3.26. The van der Waals surface area contributed by atoms with Crippen LogP contribution in [0.25, 0.3) is 0 Å². The first-order chi connectivity index (χ1) is 9.63. The fraction of sp³-hybridized carbons (Fsp3) is 0.500. The quantitative estimate of drug-likeness (QED) is 0.843. The summed E-state index contributed by atoms with van der Waals surface area (Å²) in [6, 6.07) is 0. The molecule has 0 aromatic carbocycles. The Morgan fingerprint density at radius 3 is 2.55 bits per heavy atom. The fourth-order valence-corrected chi connectivity index (χ4v) is 2.21. The van der Waals surface area contributed by atoms with E-state index < -0.39 is 0 Å². The minimum Gasteiger partial charge on any atom is -0.373 e. The molecule has 0 fully saturated rings. The van der Waals surface area contributed by atoms with E-state index >= 15 is 0 Å². The highest BCUT2D eigenvalue weighted by Gasteiger charge is 2.13. The van der Waals surface area contributed by atoms with Gasteiger partial charge in [-0.2, -0.15) is 0 Å². The summed E-state index contributed by atoms with van der Waals surface area (Å²) in [4.78, 5) is 12.9. The van der Waals surface area contributed by atoms with Crippen molar-refractivity contribution in [3.8, 4) is 0 Å². The molecule has 2 rings (SSSR count). The van der Waals surface area contributed by atoms with Crippen LogP contribution in [0, 0.1) is 0 Å². The van der Waals surface area contributed by atoms with Gasteiger partial charge in [0, 0.05) is 45.0 Å². The highest BCUT2D eigenvalue weighted by atomic mass is 15.1. The van der Waals surface area contributed by atoms with Crippen molar-refractivity contribution in [1.29, 1.82) is 0 Å². The summed E-state index contributed by atoms with van der Waals surface area (Å²) in [7, 11) is 3.89. The molecule has 0 unspecified atom stereocenters. The van der Waals surface area contributed by atoms with Crippen LogP contribution in [0.5, 0.6) is 0 Å². The Morgan fingerprint density at radius 2 is 1.95 bits per heavy atom. The van der Waals surface area contributed by atoms with Crippen molar-refractivity contribution < 1.29 is 0 Å². The predicted octanol–water partition coefficient (Wildman–Crippen LogP) is 2.03. The molecule has 20 heavy (non-hydrogen) atoms. The smallest absolute Gasteiger partial charge is 0.135 e. The van der Waals surface area contributed by atoms with Crippen LogP contribution in [0.4, 0.5) is 11.6 Å². The number of imidazole rings is 1.